The molecule has 1 aromatic heterocycles. The first-order chi connectivity index (χ1) is 14.6. The molecule has 0 saturated carbocycles. The number of nitriles is 1. The van der Waals surface area contributed by atoms with Gasteiger partial charge < -0.3 is 9.88 Å². The number of benzene rings is 3. The van der Waals surface area contributed by atoms with Gasteiger partial charge in [0.25, 0.3) is 5.91 Å². The molecule has 5 heteroatoms. The number of halogens is 1. The maximum absolute atomic E-state index is 12.6. The molecule has 0 unspecified atom stereocenters. The number of fused-ring (bicyclic) bond motifs is 1. The summed E-state index contributed by atoms with van der Waals surface area (Å²) in [6.45, 7) is 0.710. The normalized spacial score (nSPS) is 11.3. The summed E-state index contributed by atoms with van der Waals surface area (Å²) in [5, 5.41) is 13.4. The smallest absolute Gasteiger partial charge is 0.266 e. The standard InChI is InChI=1S/C25H18BrN3O/c26-21-10-12-22(13-11-21)28-25(30)19(15-27)14-20-17-29(16-18-6-2-1-3-7-18)24-9-5-4-8-23(20)24/h1-14,17H,16H2,(H,28,30)/b19-14+. The highest BCUT2D eigenvalue weighted by molar-refractivity contribution is 9.10. The molecule has 3 aromatic carbocycles. The maximum atomic E-state index is 12.6. The lowest BCUT2D eigenvalue weighted by molar-refractivity contribution is -0.112. The molecule has 0 spiro atoms. The Morgan fingerprint density at radius 2 is 1.70 bits per heavy atom. The first kappa shape index (κ1) is 19.7. The van der Waals surface area contributed by atoms with Crippen LogP contribution in [0.4, 0.5) is 5.69 Å². The summed E-state index contributed by atoms with van der Waals surface area (Å²) >= 11 is 3.37. The molecular weight excluding hydrogens is 438 g/mol. The second-order valence-corrected chi connectivity index (χ2v) is 7.76. The van der Waals surface area contributed by atoms with Crippen molar-refractivity contribution in [2.75, 3.05) is 5.32 Å². The number of anilines is 1. The van der Waals surface area contributed by atoms with E-state index in [2.05, 4.69) is 37.9 Å². The number of rotatable bonds is 5. The van der Waals surface area contributed by atoms with E-state index in [1.165, 1.54) is 5.56 Å². The molecule has 1 N–H and O–H groups in total. The largest absolute Gasteiger partial charge is 0.342 e. The van der Waals surface area contributed by atoms with Gasteiger partial charge in [-0.2, -0.15) is 5.26 Å². The summed E-state index contributed by atoms with van der Waals surface area (Å²) in [7, 11) is 0. The fourth-order valence-corrected chi connectivity index (χ4v) is 3.60. The van der Waals surface area contributed by atoms with E-state index in [0.29, 0.717) is 12.2 Å². The molecule has 0 fully saturated rings. The van der Waals surface area contributed by atoms with Gasteiger partial charge in [-0.25, -0.2) is 0 Å². The van der Waals surface area contributed by atoms with Crippen LogP contribution >= 0.6 is 15.9 Å². The molecule has 0 radical (unpaired) electrons. The molecule has 30 heavy (non-hydrogen) atoms. The average molecular weight is 456 g/mol. The Labute approximate surface area is 183 Å². The number of amides is 1. The lowest BCUT2D eigenvalue weighted by Crippen LogP contribution is -2.13. The summed E-state index contributed by atoms with van der Waals surface area (Å²) in [4.78, 5) is 12.6. The number of hydrogen-bond donors (Lipinski definition) is 1. The molecule has 4 aromatic rings. The fourth-order valence-electron chi connectivity index (χ4n) is 3.34. The van der Waals surface area contributed by atoms with E-state index >= 15 is 0 Å². The van der Waals surface area contributed by atoms with Crippen molar-refractivity contribution in [3.8, 4) is 6.07 Å². The Kier molecular flexibility index (Phi) is 5.78. The molecule has 0 aliphatic rings. The van der Waals surface area contributed by atoms with E-state index in [-0.39, 0.29) is 5.57 Å². The minimum absolute atomic E-state index is 0.0560. The number of nitrogens with zero attached hydrogens (tertiary/aromatic N) is 2. The minimum atomic E-state index is -0.431. The Balaban J connectivity index is 1.67. The van der Waals surface area contributed by atoms with Gasteiger partial charge in [-0.3, -0.25) is 4.79 Å². The van der Waals surface area contributed by atoms with Gasteiger partial charge in [-0.15, -0.1) is 0 Å². The van der Waals surface area contributed by atoms with Crippen LogP contribution in [0.25, 0.3) is 17.0 Å². The number of carbonyl (C=O) groups is 1. The van der Waals surface area contributed by atoms with Crippen LogP contribution in [0.1, 0.15) is 11.1 Å². The quantitative estimate of drug-likeness (QED) is 0.296. The van der Waals surface area contributed by atoms with Crippen LogP contribution in [0.3, 0.4) is 0 Å². The third-order valence-electron chi connectivity index (χ3n) is 4.78. The molecule has 146 valence electrons. The van der Waals surface area contributed by atoms with Gasteiger partial charge in [0.1, 0.15) is 11.6 Å². The van der Waals surface area contributed by atoms with Gasteiger partial charge in [0, 0.05) is 39.4 Å². The van der Waals surface area contributed by atoms with Gasteiger partial charge in [-0.1, -0.05) is 64.5 Å². The number of para-hydroxylation sites is 1. The summed E-state index contributed by atoms with van der Waals surface area (Å²) in [6.07, 6.45) is 3.64. The predicted octanol–water partition coefficient (Wildman–Crippen LogP) is 6.00. The third kappa shape index (κ3) is 4.35. The first-order valence-corrected chi connectivity index (χ1v) is 10.2. The Bertz CT molecular complexity index is 1270. The highest BCUT2D eigenvalue weighted by Crippen LogP contribution is 2.25. The summed E-state index contributed by atoms with van der Waals surface area (Å²) < 4.78 is 3.06. The molecule has 4 nitrogen and oxygen atoms in total. The molecule has 1 heterocycles. The molecule has 0 aliphatic heterocycles. The van der Waals surface area contributed by atoms with E-state index in [1.807, 2.05) is 66.9 Å². The zero-order valence-electron chi connectivity index (χ0n) is 16.0. The van der Waals surface area contributed by atoms with E-state index in [0.717, 1.165) is 20.9 Å². The van der Waals surface area contributed by atoms with Crippen LogP contribution in [0, 0.1) is 11.3 Å². The molecule has 0 aliphatic carbocycles. The highest BCUT2D eigenvalue weighted by atomic mass is 79.9. The van der Waals surface area contributed by atoms with Crippen LogP contribution in [0.5, 0.6) is 0 Å². The molecule has 1 amide bonds. The number of hydrogen-bond acceptors (Lipinski definition) is 2. The van der Waals surface area contributed by atoms with Crippen molar-refractivity contribution in [1.29, 1.82) is 5.26 Å². The van der Waals surface area contributed by atoms with Crippen molar-refractivity contribution in [3.05, 3.63) is 106 Å². The highest BCUT2D eigenvalue weighted by Gasteiger charge is 2.13. The van der Waals surface area contributed by atoms with Crippen molar-refractivity contribution >= 4 is 44.5 Å². The topological polar surface area (TPSA) is 57.8 Å². The van der Waals surface area contributed by atoms with Crippen LogP contribution in [-0.4, -0.2) is 10.5 Å². The van der Waals surface area contributed by atoms with Crippen molar-refractivity contribution in [3.63, 3.8) is 0 Å². The number of nitrogens with one attached hydrogen (secondary N) is 1. The zero-order valence-corrected chi connectivity index (χ0v) is 17.6. The van der Waals surface area contributed by atoms with Crippen molar-refractivity contribution in [2.24, 2.45) is 0 Å². The molecular formula is C25H18BrN3O. The fraction of sp³-hybridized carbons (Fsp3) is 0.0400. The van der Waals surface area contributed by atoms with Crippen LogP contribution in [-0.2, 0) is 11.3 Å². The SMILES string of the molecule is N#C/C(=C\c1cn(Cc2ccccc2)c2ccccc12)C(=O)Nc1ccc(Br)cc1. The lowest BCUT2D eigenvalue weighted by atomic mass is 10.1. The van der Waals surface area contributed by atoms with Gasteiger partial charge >= 0.3 is 0 Å². The summed E-state index contributed by atoms with van der Waals surface area (Å²) in [6, 6.07) is 27.5. The second-order valence-electron chi connectivity index (χ2n) is 6.85. The van der Waals surface area contributed by atoms with Gasteiger partial charge in [0.15, 0.2) is 0 Å². The van der Waals surface area contributed by atoms with Gasteiger partial charge in [0.2, 0.25) is 0 Å². The van der Waals surface area contributed by atoms with Gasteiger partial charge in [0.05, 0.1) is 0 Å². The molecule has 0 bridgehead atoms. The van der Waals surface area contributed by atoms with Crippen LogP contribution in [0.15, 0.2) is 95.1 Å². The monoisotopic (exact) mass is 455 g/mol. The van der Waals surface area contributed by atoms with Crippen molar-refractivity contribution in [2.45, 2.75) is 6.54 Å². The number of carbonyl (C=O) groups excluding carboxylic acids is 1. The summed E-state index contributed by atoms with van der Waals surface area (Å²) in [5.74, 6) is -0.431. The van der Waals surface area contributed by atoms with E-state index in [4.69, 9.17) is 0 Å². The van der Waals surface area contributed by atoms with Crippen LogP contribution in [0.2, 0.25) is 0 Å². The molecule has 0 atom stereocenters. The second kappa shape index (κ2) is 8.81. The van der Waals surface area contributed by atoms with Crippen LogP contribution < -0.4 is 5.32 Å². The lowest BCUT2D eigenvalue weighted by Gasteiger charge is -2.05. The zero-order chi connectivity index (χ0) is 20.9. The Morgan fingerprint density at radius 1 is 1.00 bits per heavy atom. The van der Waals surface area contributed by atoms with E-state index in [9.17, 15) is 10.1 Å². The minimum Gasteiger partial charge on any atom is -0.342 e. The first-order valence-electron chi connectivity index (χ1n) is 9.44. The predicted molar refractivity (Wildman–Crippen MR) is 124 cm³/mol. The molecule has 0 saturated heterocycles. The van der Waals surface area contributed by atoms with Crippen molar-refractivity contribution in [1.82, 2.24) is 4.57 Å². The summed E-state index contributed by atoms with van der Waals surface area (Å²) in [5.41, 5.74) is 3.76. The average Bonchev–Trinajstić information content (AvgIpc) is 3.11. The Morgan fingerprint density at radius 3 is 2.43 bits per heavy atom. The van der Waals surface area contributed by atoms with E-state index < -0.39 is 5.91 Å². The van der Waals surface area contributed by atoms with E-state index in [1.54, 1.807) is 18.2 Å². The Hall–Kier alpha value is -3.62. The number of aromatic nitrogens is 1. The maximum Gasteiger partial charge on any atom is 0.266 e. The van der Waals surface area contributed by atoms with Crippen molar-refractivity contribution < 1.29 is 4.79 Å². The molecule has 4 rings (SSSR count). The van der Waals surface area contributed by atoms with Gasteiger partial charge in [-0.05, 0) is 42.0 Å². The third-order valence-corrected chi connectivity index (χ3v) is 5.31.